The van der Waals surface area contributed by atoms with Crippen LogP contribution in [-0.2, 0) is 19.3 Å². The number of carboxylic acid groups (broad SMARTS) is 1. The molecule has 1 aromatic heterocycles. The number of aromatic nitrogens is 1. The van der Waals surface area contributed by atoms with Crippen molar-refractivity contribution in [1.29, 1.82) is 0 Å². The Hall–Kier alpha value is -2.36. The minimum Gasteiger partial charge on any atom is -0.478 e. The molecule has 0 radical (unpaired) electrons. The molecule has 4 nitrogen and oxygen atoms in total. The molecule has 0 amide bonds. The van der Waals surface area contributed by atoms with E-state index < -0.39 is 5.97 Å². The second kappa shape index (κ2) is 4.58. The third kappa shape index (κ3) is 1.90. The minimum atomic E-state index is -0.892. The average Bonchev–Trinajstić information content (AvgIpc) is 3.11. The third-order valence-corrected chi connectivity index (χ3v) is 4.40. The smallest absolute Gasteiger partial charge is 0.339 e. The van der Waals surface area contributed by atoms with Crippen LogP contribution in [0.15, 0.2) is 30.3 Å². The van der Waals surface area contributed by atoms with Gasteiger partial charge in [-0.25, -0.2) is 9.78 Å². The number of para-hydroxylation sites is 1. The highest BCUT2D eigenvalue weighted by atomic mass is 16.4. The van der Waals surface area contributed by atoms with E-state index in [0.717, 1.165) is 49.2 Å². The molecule has 21 heavy (non-hydrogen) atoms. The van der Waals surface area contributed by atoms with Gasteiger partial charge in [-0.1, -0.05) is 18.2 Å². The first kappa shape index (κ1) is 12.4. The molecule has 0 fully saturated rings. The van der Waals surface area contributed by atoms with Crippen molar-refractivity contribution in [3.8, 4) is 0 Å². The van der Waals surface area contributed by atoms with Crippen molar-refractivity contribution in [2.75, 3.05) is 11.4 Å². The van der Waals surface area contributed by atoms with Gasteiger partial charge in [0.05, 0.1) is 0 Å². The number of aromatic carboxylic acids is 1. The Morgan fingerprint density at radius 2 is 2.00 bits per heavy atom. The number of benzene rings is 1. The van der Waals surface area contributed by atoms with Crippen LogP contribution in [0.5, 0.6) is 0 Å². The first-order valence-electron chi connectivity index (χ1n) is 7.35. The number of hydrogen-bond acceptors (Lipinski definition) is 3. The highest BCUT2D eigenvalue weighted by molar-refractivity contribution is 5.95. The molecule has 2 aromatic rings. The van der Waals surface area contributed by atoms with Crippen LogP contribution >= 0.6 is 0 Å². The highest BCUT2D eigenvalue weighted by Gasteiger charge is 2.27. The van der Waals surface area contributed by atoms with Crippen LogP contribution in [0.1, 0.15) is 33.6 Å². The maximum Gasteiger partial charge on any atom is 0.339 e. The summed E-state index contributed by atoms with van der Waals surface area (Å²) in [5, 5.41) is 9.54. The standard InChI is InChI=1S/C17H16N2O2/c20-17(21)13-10-12-5-3-6-14(12)18-16(13)19-9-8-11-4-1-2-7-15(11)19/h1-2,4,7,10H,3,5-6,8-9H2,(H,20,21). The molecule has 0 unspecified atom stereocenters. The number of hydrogen-bond donors (Lipinski definition) is 1. The van der Waals surface area contributed by atoms with Crippen LogP contribution in [-0.4, -0.2) is 22.6 Å². The van der Waals surface area contributed by atoms with Crippen LogP contribution in [0.4, 0.5) is 11.5 Å². The molecular weight excluding hydrogens is 264 g/mol. The van der Waals surface area contributed by atoms with E-state index in [1.165, 1.54) is 5.56 Å². The van der Waals surface area contributed by atoms with Crippen molar-refractivity contribution >= 4 is 17.5 Å². The Morgan fingerprint density at radius 3 is 2.86 bits per heavy atom. The van der Waals surface area contributed by atoms with Crippen LogP contribution in [0.25, 0.3) is 0 Å². The predicted octanol–water partition coefficient (Wildman–Crippen LogP) is 2.96. The van der Waals surface area contributed by atoms with Crippen LogP contribution in [0.3, 0.4) is 0 Å². The summed E-state index contributed by atoms with van der Waals surface area (Å²) in [7, 11) is 0. The van der Waals surface area contributed by atoms with E-state index in [-0.39, 0.29) is 0 Å². The highest BCUT2D eigenvalue weighted by Crippen LogP contribution is 2.36. The van der Waals surface area contributed by atoms with Crippen LogP contribution in [0, 0.1) is 0 Å². The number of pyridine rings is 1. The molecule has 1 aliphatic heterocycles. The fraction of sp³-hybridized carbons (Fsp3) is 0.294. The molecule has 4 heteroatoms. The summed E-state index contributed by atoms with van der Waals surface area (Å²) in [6, 6.07) is 9.99. The lowest BCUT2D eigenvalue weighted by Gasteiger charge is -2.21. The Balaban J connectivity index is 1.87. The fourth-order valence-corrected chi connectivity index (χ4v) is 3.38. The Bertz CT molecular complexity index is 740. The number of carbonyl (C=O) groups is 1. The summed E-state index contributed by atoms with van der Waals surface area (Å²) in [4.78, 5) is 18.4. The average molecular weight is 280 g/mol. The number of aryl methyl sites for hydroxylation is 2. The van der Waals surface area contributed by atoms with Gasteiger partial charge < -0.3 is 10.0 Å². The van der Waals surface area contributed by atoms with E-state index in [2.05, 4.69) is 11.0 Å². The first-order chi connectivity index (χ1) is 10.2. The zero-order chi connectivity index (χ0) is 14.4. The first-order valence-corrected chi connectivity index (χ1v) is 7.35. The summed E-state index contributed by atoms with van der Waals surface area (Å²) in [5.74, 6) is -0.287. The SMILES string of the molecule is O=C(O)c1cc2c(nc1N1CCc3ccccc31)CCC2. The lowest BCUT2D eigenvalue weighted by Crippen LogP contribution is -2.19. The number of anilines is 2. The molecule has 1 N–H and O–H groups in total. The molecule has 0 atom stereocenters. The molecule has 2 heterocycles. The largest absolute Gasteiger partial charge is 0.478 e. The molecular formula is C17H16N2O2. The monoisotopic (exact) mass is 280 g/mol. The maximum absolute atomic E-state index is 11.6. The molecule has 0 saturated heterocycles. The van der Waals surface area contributed by atoms with E-state index in [9.17, 15) is 9.90 Å². The van der Waals surface area contributed by atoms with Gasteiger partial charge in [0.2, 0.25) is 0 Å². The van der Waals surface area contributed by atoms with E-state index in [1.807, 2.05) is 24.3 Å². The molecule has 106 valence electrons. The van der Waals surface area contributed by atoms with E-state index in [1.54, 1.807) is 0 Å². The summed E-state index contributed by atoms with van der Waals surface area (Å²) < 4.78 is 0. The van der Waals surface area contributed by atoms with Gasteiger partial charge in [-0.2, -0.15) is 0 Å². The maximum atomic E-state index is 11.6. The zero-order valence-electron chi connectivity index (χ0n) is 11.7. The van der Waals surface area contributed by atoms with E-state index in [4.69, 9.17) is 4.98 Å². The summed E-state index contributed by atoms with van der Waals surface area (Å²) >= 11 is 0. The summed E-state index contributed by atoms with van der Waals surface area (Å²) in [5.41, 5.74) is 4.84. The third-order valence-electron chi connectivity index (χ3n) is 4.40. The van der Waals surface area contributed by atoms with E-state index in [0.29, 0.717) is 11.4 Å². The Kier molecular flexibility index (Phi) is 2.70. The lowest BCUT2D eigenvalue weighted by molar-refractivity contribution is 0.0697. The van der Waals surface area contributed by atoms with Crippen molar-refractivity contribution in [3.63, 3.8) is 0 Å². The van der Waals surface area contributed by atoms with Gasteiger partial charge in [0.1, 0.15) is 11.4 Å². The fourth-order valence-electron chi connectivity index (χ4n) is 3.38. The number of nitrogens with zero attached hydrogens (tertiary/aromatic N) is 2. The van der Waals surface area contributed by atoms with Gasteiger partial charge in [0, 0.05) is 17.9 Å². The van der Waals surface area contributed by atoms with Crippen LogP contribution in [0.2, 0.25) is 0 Å². The predicted molar refractivity (Wildman–Crippen MR) is 80.4 cm³/mol. The van der Waals surface area contributed by atoms with Crippen molar-refractivity contribution in [2.45, 2.75) is 25.7 Å². The van der Waals surface area contributed by atoms with Crippen molar-refractivity contribution in [2.24, 2.45) is 0 Å². The molecule has 4 rings (SSSR count). The second-order valence-corrected chi connectivity index (χ2v) is 5.65. The summed E-state index contributed by atoms with van der Waals surface area (Å²) in [6.45, 7) is 0.797. The van der Waals surface area contributed by atoms with Crippen molar-refractivity contribution < 1.29 is 9.90 Å². The Morgan fingerprint density at radius 1 is 1.14 bits per heavy atom. The van der Waals surface area contributed by atoms with Crippen LogP contribution < -0.4 is 4.90 Å². The molecule has 0 spiro atoms. The Labute approximate surface area is 123 Å². The second-order valence-electron chi connectivity index (χ2n) is 5.65. The topological polar surface area (TPSA) is 53.4 Å². The van der Waals surface area contributed by atoms with Gasteiger partial charge in [-0.3, -0.25) is 0 Å². The van der Waals surface area contributed by atoms with Gasteiger partial charge in [-0.15, -0.1) is 0 Å². The van der Waals surface area contributed by atoms with Gasteiger partial charge in [0.15, 0.2) is 0 Å². The number of rotatable bonds is 2. The molecule has 2 aliphatic rings. The van der Waals surface area contributed by atoms with Crippen molar-refractivity contribution in [3.05, 3.63) is 52.7 Å². The summed E-state index contributed by atoms with van der Waals surface area (Å²) in [6.07, 6.45) is 3.91. The molecule has 0 saturated carbocycles. The van der Waals surface area contributed by atoms with Gasteiger partial charge in [-0.05, 0) is 48.9 Å². The lowest BCUT2D eigenvalue weighted by atomic mass is 10.1. The van der Waals surface area contributed by atoms with Crippen molar-refractivity contribution in [1.82, 2.24) is 4.98 Å². The molecule has 0 bridgehead atoms. The van der Waals surface area contributed by atoms with Gasteiger partial charge in [0.25, 0.3) is 0 Å². The molecule has 1 aliphatic carbocycles. The minimum absolute atomic E-state index is 0.326. The van der Waals surface area contributed by atoms with Gasteiger partial charge >= 0.3 is 5.97 Å². The number of fused-ring (bicyclic) bond motifs is 2. The normalized spacial score (nSPS) is 15.9. The zero-order valence-corrected chi connectivity index (χ0v) is 11.7. The number of carboxylic acids is 1. The molecule has 1 aromatic carbocycles. The quantitative estimate of drug-likeness (QED) is 0.919. The van der Waals surface area contributed by atoms with E-state index >= 15 is 0 Å².